The Balaban J connectivity index is 2.61. The van der Waals surface area contributed by atoms with Gasteiger partial charge >= 0.3 is 12.1 Å². The lowest BCUT2D eigenvalue weighted by Crippen LogP contribution is -2.36. The number of hydrogen-bond donors (Lipinski definition) is 1. The SMILES string of the molecule is CC(F)C(CC(=O)O)C1CCN(C(=O)OC(C)(C)C)C1. The maximum absolute atomic E-state index is 13.6. The first-order valence-electron chi connectivity index (χ1n) is 6.94. The lowest BCUT2D eigenvalue weighted by atomic mass is 9.85. The number of carbonyl (C=O) groups is 2. The zero-order valence-electron chi connectivity index (χ0n) is 12.6. The summed E-state index contributed by atoms with van der Waals surface area (Å²) in [5.41, 5.74) is -0.566. The Morgan fingerprint density at radius 1 is 1.45 bits per heavy atom. The molecule has 1 aliphatic heterocycles. The van der Waals surface area contributed by atoms with E-state index in [-0.39, 0.29) is 12.3 Å². The van der Waals surface area contributed by atoms with Crippen LogP contribution < -0.4 is 0 Å². The van der Waals surface area contributed by atoms with E-state index in [2.05, 4.69) is 0 Å². The maximum Gasteiger partial charge on any atom is 0.410 e. The Bertz CT molecular complexity index is 365. The molecular weight excluding hydrogens is 265 g/mol. The predicted molar refractivity (Wildman–Crippen MR) is 72.2 cm³/mol. The number of likely N-dealkylation sites (tertiary alicyclic amines) is 1. The van der Waals surface area contributed by atoms with E-state index >= 15 is 0 Å². The molecule has 0 bridgehead atoms. The van der Waals surface area contributed by atoms with Crippen molar-refractivity contribution in [3.05, 3.63) is 0 Å². The average molecular weight is 289 g/mol. The number of aliphatic carboxylic acids is 1. The minimum Gasteiger partial charge on any atom is -0.481 e. The van der Waals surface area contributed by atoms with Crippen LogP contribution in [-0.4, -0.2) is 46.9 Å². The second-order valence-electron chi connectivity index (χ2n) is 6.41. The van der Waals surface area contributed by atoms with Crippen LogP contribution in [0.1, 0.15) is 40.5 Å². The fourth-order valence-corrected chi connectivity index (χ4v) is 2.53. The van der Waals surface area contributed by atoms with Gasteiger partial charge in [0.25, 0.3) is 0 Å². The molecular formula is C14H24FNO4. The first-order chi connectivity index (χ1) is 9.10. The van der Waals surface area contributed by atoms with Gasteiger partial charge < -0.3 is 14.7 Å². The molecule has 0 saturated carbocycles. The van der Waals surface area contributed by atoms with Gasteiger partial charge in [-0.25, -0.2) is 9.18 Å². The smallest absolute Gasteiger partial charge is 0.410 e. The van der Waals surface area contributed by atoms with Gasteiger partial charge in [0.1, 0.15) is 11.8 Å². The highest BCUT2D eigenvalue weighted by Gasteiger charge is 2.37. The third-order valence-electron chi connectivity index (χ3n) is 3.48. The standard InChI is InChI=1S/C14H24FNO4/c1-9(15)11(7-12(17)18)10-5-6-16(8-10)13(19)20-14(2,3)4/h9-11H,5-8H2,1-4H3,(H,17,18). The van der Waals surface area contributed by atoms with Crippen molar-refractivity contribution in [3.8, 4) is 0 Å². The third-order valence-corrected chi connectivity index (χ3v) is 3.48. The largest absolute Gasteiger partial charge is 0.481 e. The Kier molecular flexibility index (Phi) is 5.36. The topological polar surface area (TPSA) is 66.8 Å². The molecule has 1 amide bonds. The summed E-state index contributed by atoms with van der Waals surface area (Å²) in [4.78, 5) is 24.3. The number of carboxylic acids is 1. The molecule has 1 rings (SSSR count). The minimum absolute atomic E-state index is 0.126. The van der Waals surface area contributed by atoms with Crippen molar-refractivity contribution in [2.24, 2.45) is 11.8 Å². The van der Waals surface area contributed by atoms with Gasteiger partial charge in [-0.3, -0.25) is 4.79 Å². The minimum atomic E-state index is -1.20. The first kappa shape index (κ1) is 16.7. The van der Waals surface area contributed by atoms with E-state index in [1.807, 2.05) is 0 Å². The van der Waals surface area contributed by atoms with Crippen LogP contribution in [0.4, 0.5) is 9.18 Å². The van der Waals surface area contributed by atoms with E-state index < -0.39 is 29.8 Å². The Morgan fingerprint density at radius 2 is 2.05 bits per heavy atom. The number of nitrogens with zero attached hydrogens (tertiary/aromatic N) is 1. The first-order valence-corrected chi connectivity index (χ1v) is 6.94. The zero-order valence-corrected chi connectivity index (χ0v) is 12.6. The number of carbonyl (C=O) groups excluding carboxylic acids is 1. The lowest BCUT2D eigenvalue weighted by Gasteiger charge is -2.26. The van der Waals surface area contributed by atoms with E-state index in [1.165, 1.54) is 11.8 Å². The molecule has 0 aromatic heterocycles. The van der Waals surface area contributed by atoms with Crippen LogP contribution in [0.2, 0.25) is 0 Å². The van der Waals surface area contributed by atoms with E-state index in [0.29, 0.717) is 19.5 Å². The van der Waals surface area contributed by atoms with E-state index in [9.17, 15) is 14.0 Å². The molecule has 0 aliphatic carbocycles. The molecule has 6 heteroatoms. The molecule has 0 aromatic rings. The highest BCUT2D eigenvalue weighted by atomic mass is 19.1. The molecule has 3 atom stereocenters. The number of ether oxygens (including phenoxy) is 1. The number of amides is 1. The number of carboxylic acid groups (broad SMARTS) is 1. The van der Waals surface area contributed by atoms with Crippen LogP contribution in [0.15, 0.2) is 0 Å². The van der Waals surface area contributed by atoms with Gasteiger partial charge in [0.05, 0.1) is 6.42 Å². The van der Waals surface area contributed by atoms with Crippen molar-refractivity contribution >= 4 is 12.1 Å². The molecule has 0 spiro atoms. The Labute approximate surface area is 119 Å². The van der Waals surface area contributed by atoms with Gasteiger partial charge in [-0.1, -0.05) is 0 Å². The highest BCUT2D eigenvalue weighted by Crippen LogP contribution is 2.31. The summed E-state index contributed by atoms with van der Waals surface area (Å²) in [6.45, 7) is 7.59. The van der Waals surface area contributed by atoms with Crippen molar-refractivity contribution in [2.75, 3.05) is 13.1 Å². The van der Waals surface area contributed by atoms with Crippen LogP contribution in [0.25, 0.3) is 0 Å². The fourth-order valence-electron chi connectivity index (χ4n) is 2.53. The van der Waals surface area contributed by atoms with Gasteiger partial charge in [0.15, 0.2) is 0 Å². The van der Waals surface area contributed by atoms with Crippen molar-refractivity contribution < 1.29 is 23.8 Å². The molecule has 1 aliphatic rings. The monoisotopic (exact) mass is 289 g/mol. The zero-order chi connectivity index (χ0) is 15.5. The highest BCUT2D eigenvalue weighted by molar-refractivity contribution is 5.69. The fraction of sp³-hybridized carbons (Fsp3) is 0.857. The van der Waals surface area contributed by atoms with Gasteiger partial charge in [0.2, 0.25) is 0 Å². The van der Waals surface area contributed by atoms with Gasteiger partial charge in [-0.2, -0.15) is 0 Å². The van der Waals surface area contributed by atoms with Gasteiger partial charge in [-0.05, 0) is 40.0 Å². The third kappa shape index (κ3) is 4.98. The van der Waals surface area contributed by atoms with Crippen molar-refractivity contribution in [1.29, 1.82) is 0 Å². The van der Waals surface area contributed by atoms with E-state index in [4.69, 9.17) is 9.84 Å². The summed E-state index contributed by atoms with van der Waals surface area (Å²) in [7, 11) is 0. The van der Waals surface area contributed by atoms with E-state index in [1.54, 1.807) is 20.8 Å². The van der Waals surface area contributed by atoms with Crippen molar-refractivity contribution in [1.82, 2.24) is 4.90 Å². The molecule has 20 heavy (non-hydrogen) atoms. The second kappa shape index (κ2) is 6.41. The predicted octanol–water partition coefficient (Wildman–Crippen LogP) is 2.69. The maximum atomic E-state index is 13.6. The number of rotatable bonds is 4. The number of halogens is 1. The summed E-state index contributed by atoms with van der Waals surface area (Å²) in [6, 6.07) is 0. The van der Waals surface area contributed by atoms with Crippen LogP contribution in [-0.2, 0) is 9.53 Å². The summed E-state index contributed by atoms with van der Waals surface area (Å²) < 4.78 is 18.8. The normalized spacial score (nSPS) is 22.4. The van der Waals surface area contributed by atoms with Crippen LogP contribution in [0, 0.1) is 11.8 Å². The Hall–Kier alpha value is -1.33. The molecule has 1 heterocycles. The van der Waals surface area contributed by atoms with Crippen LogP contribution >= 0.6 is 0 Å². The van der Waals surface area contributed by atoms with E-state index in [0.717, 1.165) is 0 Å². The van der Waals surface area contributed by atoms with Gasteiger partial charge in [-0.15, -0.1) is 0 Å². The summed E-state index contributed by atoms with van der Waals surface area (Å²) in [6.07, 6.45) is -1.20. The van der Waals surface area contributed by atoms with Crippen LogP contribution in [0.3, 0.4) is 0 Å². The average Bonchev–Trinajstić information content (AvgIpc) is 2.71. The summed E-state index contributed by atoms with van der Waals surface area (Å²) in [5, 5.41) is 8.85. The lowest BCUT2D eigenvalue weighted by molar-refractivity contribution is -0.139. The molecule has 5 nitrogen and oxygen atoms in total. The summed E-state index contributed by atoms with van der Waals surface area (Å²) in [5.74, 6) is -1.69. The Morgan fingerprint density at radius 3 is 2.50 bits per heavy atom. The van der Waals surface area contributed by atoms with Crippen molar-refractivity contribution in [2.45, 2.75) is 52.3 Å². The second-order valence-corrected chi connectivity index (χ2v) is 6.41. The molecule has 3 unspecified atom stereocenters. The number of hydrogen-bond acceptors (Lipinski definition) is 3. The van der Waals surface area contributed by atoms with Gasteiger partial charge in [0, 0.05) is 19.0 Å². The van der Waals surface area contributed by atoms with Crippen molar-refractivity contribution in [3.63, 3.8) is 0 Å². The molecule has 1 saturated heterocycles. The van der Waals surface area contributed by atoms with Crippen LogP contribution in [0.5, 0.6) is 0 Å². The molecule has 0 radical (unpaired) electrons. The summed E-state index contributed by atoms with van der Waals surface area (Å²) >= 11 is 0. The number of alkyl halides is 1. The molecule has 1 N–H and O–H groups in total. The quantitative estimate of drug-likeness (QED) is 0.864. The molecule has 1 fully saturated rings. The molecule has 0 aromatic carbocycles. The molecule has 116 valence electrons.